The van der Waals surface area contributed by atoms with Gasteiger partial charge in [0.2, 0.25) is 0 Å². The number of anilines is 2. The lowest BCUT2D eigenvalue weighted by Gasteiger charge is -2.14. The van der Waals surface area contributed by atoms with Crippen molar-refractivity contribution >= 4 is 27.6 Å². The summed E-state index contributed by atoms with van der Waals surface area (Å²) in [6, 6.07) is 8.27. The standard InChI is InChI=1S/C16H21BrN4/c1-3-8-18-15-14(4-2)16(21-11-20-15)19-10-12-6-5-7-13(17)9-12/h5-7,9,11H,3-4,8,10H2,1-2H3,(H2,18,19,20,21). The van der Waals surface area contributed by atoms with Crippen molar-refractivity contribution in [3.63, 3.8) is 0 Å². The van der Waals surface area contributed by atoms with Gasteiger partial charge in [-0.15, -0.1) is 0 Å². The van der Waals surface area contributed by atoms with Crippen molar-refractivity contribution in [1.29, 1.82) is 0 Å². The lowest BCUT2D eigenvalue weighted by molar-refractivity contribution is 0.944. The predicted octanol–water partition coefficient (Wildman–Crippen LogP) is 4.24. The van der Waals surface area contributed by atoms with Crippen LogP contribution in [0.15, 0.2) is 35.1 Å². The molecule has 0 saturated heterocycles. The molecule has 2 rings (SSSR count). The van der Waals surface area contributed by atoms with Gasteiger partial charge in [-0.1, -0.05) is 41.9 Å². The van der Waals surface area contributed by atoms with Gasteiger partial charge < -0.3 is 10.6 Å². The molecule has 2 aromatic rings. The Kier molecular flexibility index (Phi) is 5.99. The number of halogens is 1. The monoisotopic (exact) mass is 348 g/mol. The van der Waals surface area contributed by atoms with Gasteiger partial charge in [-0.05, 0) is 30.5 Å². The van der Waals surface area contributed by atoms with Gasteiger partial charge in [0, 0.05) is 23.1 Å². The third-order valence-electron chi connectivity index (χ3n) is 3.19. The highest BCUT2D eigenvalue weighted by atomic mass is 79.9. The van der Waals surface area contributed by atoms with E-state index in [1.807, 2.05) is 12.1 Å². The smallest absolute Gasteiger partial charge is 0.134 e. The first kappa shape index (κ1) is 15.8. The fourth-order valence-corrected chi connectivity index (χ4v) is 2.57. The van der Waals surface area contributed by atoms with Crippen LogP contribution in [0.5, 0.6) is 0 Å². The molecule has 0 aliphatic rings. The van der Waals surface area contributed by atoms with Crippen molar-refractivity contribution in [1.82, 2.24) is 9.97 Å². The van der Waals surface area contributed by atoms with E-state index < -0.39 is 0 Å². The molecule has 0 saturated carbocycles. The second-order valence-corrected chi connectivity index (χ2v) is 5.73. The second kappa shape index (κ2) is 7.98. The minimum Gasteiger partial charge on any atom is -0.370 e. The maximum Gasteiger partial charge on any atom is 0.134 e. The molecule has 0 spiro atoms. The van der Waals surface area contributed by atoms with Gasteiger partial charge in [0.25, 0.3) is 0 Å². The van der Waals surface area contributed by atoms with Gasteiger partial charge in [-0.2, -0.15) is 0 Å². The molecule has 0 radical (unpaired) electrons. The van der Waals surface area contributed by atoms with Crippen molar-refractivity contribution in [3.05, 3.63) is 46.2 Å². The largest absolute Gasteiger partial charge is 0.370 e. The molecule has 0 atom stereocenters. The topological polar surface area (TPSA) is 49.8 Å². The first-order valence-electron chi connectivity index (χ1n) is 7.30. The van der Waals surface area contributed by atoms with Crippen LogP contribution in [0.2, 0.25) is 0 Å². The van der Waals surface area contributed by atoms with Crippen molar-refractivity contribution in [2.45, 2.75) is 33.2 Å². The van der Waals surface area contributed by atoms with Gasteiger partial charge in [-0.25, -0.2) is 9.97 Å². The molecule has 112 valence electrons. The van der Waals surface area contributed by atoms with Crippen LogP contribution in [0.1, 0.15) is 31.4 Å². The average Bonchev–Trinajstić information content (AvgIpc) is 2.50. The normalized spacial score (nSPS) is 10.4. The van der Waals surface area contributed by atoms with E-state index in [1.54, 1.807) is 6.33 Å². The SMILES string of the molecule is CCCNc1ncnc(NCc2cccc(Br)c2)c1CC. The molecule has 0 amide bonds. The van der Waals surface area contributed by atoms with Crippen molar-refractivity contribution in [2.75, 3.05) is 17.2 Å². The van der Waals surface area contributed by atoms with Gasteiger partial charge in [0.05, 0.1) is 0 Å². The Morgan fingerprint density at radius 1 is 1.10 bits per heavy atom. The highest BCUT2D eigenvalue weighted by molar-refractivity contribution is 9.10. The summed E-state index contributed by atoms with van der Waals surface area (Å²) in [5, 5.41) is 6.78. The number of nitrogens with one attached hydrogen (secondary N) is 2. The fourth-order valence-electron chi connectivity index (χ4n) is 2.13. The number of hydrogen-bond donors (Lipinski definition) is 2. The lowest BCUT2D eigenvalue weighted by Crippen LogP contribution is -2.10. The zero-order valence-electron chi connectivity index (χ0n) is 12.5. The minimum atomic E-state index is 0.747. The van der Waals surface area contributed by atoms with E-state index in [0.29, 0.717) is 0 Å². The third-order valence-corrected chi connectivity index (χ3v) is 3.68. The summed E-state index contributed by atoms with van der Waals surface area (Å²) < 4.78 is 1.09. The van der Waals surface area contributed by atoms with E-state index >= 15 is 0 Å². The zero-order valence-corrected chi connectivity index (χ0v) is 14.1. The number of nitrogens with zero attached hydrogens (tertiary/aromatic N) is 2. The maximum absolute atomic E-state index is 4.38. The molecular weight excluding hydrogens is 328 g/mol. The van der Waals surface area contributed by atoms with Crippen LogP contribution < -0.4 is 10.6 Å². The molecule has 0 fully saturated rings. The number of benzene rings is 1. The van der Waals surface area contributed by atoms with Gasteiger partial charge >= 0.3 is 0 Å². The van der Waals surface area contributed by atoms with E-state index in [9.17, 15) is 0 Å². The minimum absolute atomic E-state index is 0.747. The number of hydrogen-bond acceptors (Lipinski definition) is 4. The molecule has 0 unspecified atom stereocenters. The van der Waals surface area contributed by atoms with Crippen molar-refractivity contribution in [3.8, 4) is 0 Å². The second-order valence-electron chi connectivity index (χ2n) is 4.81. The van der Waals surface area contributed by atoms with Gasteiger partial charge in [-0.3, -0.25) is 0 Å². The molecule has 0 bridgehead atoms. The Morgan fingerprint density at radius 2 is 1.86 bits per heavy atom. The van der Waals surface area contributed by atoms with Crippen LogP contribution in [0.3, 0.4) is 0 Å². The summed E-state index contributed by atoms with van der Waals surface area (Å²) in [5.74, 6) is 1.84. The summed E-state index contributed by atoms with van der Waals surface area (Å²) in [6.07, 6.45) is 3.59. The van der Waals surface area contributed by atoms with Crippen molar-refractivity contribution < 1.29 is 0 Å². The first-order valence-corrected chi connectivity index (χ1v) is 8.10. The Labute approximate surface area is 134 Å². The number of aromatic nitrogens is 2. The van der Waals surface area contributed by atoms with Crippen LogP contribution in [0.4, 0.5) is 11.6 Å². The summed E-state index contributed by atoms with van der Waals surface area (Å²) in [5.41, 5.74) is 2.36. The molecule has 0 aliphatic heterocycles. The lowest BCUT2D eigenvalue weighted by atomic mass is 10.2. The van der Waals surface area contributed by atoms with Crippen LogP contribution in [-0.4, -0.2) is 16.5 Å². The molecule has 1 aromatic heterocycles. The summed E-state index contributed by atoms with van der Waals surface area (Å²) in [7, 11) is 0. The van der Waals surface area contributed by atoms with E-state index in [4.69, 9.17) is 0 Å². The molecular formula is C16H21BrN4. The van der Waals surface area contributed by atoms with Crippen LogP contribution in [0.25, 0.3) is 0 Å². The predicted molar refractivity (Wildman–Crippen MR) is 91.7 cm³/mol. The summed E-state index contributed by atoms with van der Waals surface area (Å²) in [6.45, 7) is 5.94. The first-order chi connectivity index (χ1) is 10.2. The van der Waals surface area contributed by atoms with Crippen LogP contribution in [-0.2, 0) is 13.0 Å². The molecule has 2 N–H and O–H groups in total. The maximum atomic E-state index is 4.38. The molecule has 1 heterocycles. The Morgan fingerprint density at radius 3 is 2.52 bits per heavy atom. The van der Waals surface area contributed by atoms with E-state index in [2.05, 4.69) is 62.5 Å². The molecule has 1 aromatic carbocycles. The molecule has 0 aliphatic carbocycles. The molecule has 4 nitrogen and oxygen atoms in total. The number of rotatable bonds is 7. The van der Waals surface area contributed by atoms with Crippen molar-refractivity contribution in [2.24, 2.45) is 0 Å². The third kappa shape index (κ3) is 4.43. The quantitative estimate of drug-likeness (QED) is 0.785. The fraction of sp³-hybridized carbons (Fsp3) is 0.375. The van der Waals surface area contributed by atoms with Crippen LogP contribution in [0, 0.1) is 0 Å². The summed E-state index contributed by atoms with van der Waals surface area (Å²) >= 11 is 3.49. The summed E-state index contributed by atoms with van der Waals surface area (Å²) in [4.78, 5) is 8.73. The molecule has 21 heavy (non-hydrogen) atoms. The van der Waals surface area contributed by atoms with E-state index in [-0.39, 0.29) is 0 Å². The highest BCUT2D eigenvalue weighted by Gasteiger charge is 2.09. The highest BCUT2D eigenvalue weighted by Crippen LogP contribution is 2.21. The van der Waals surface area contributed by atoms with Gasteiger partial charge in [0.1, 0.15) is 18.0 Å². The van der Waals surface area contributed by atoms with E-state index in [0.717, 1.165) is 47.6 Å². The van der Waals surface area contributed by atoms with Gasteiger partial charge in [0.15, 0.2) is 0 Å². The van der Waals surface area contributed by atoms with Crippen LogP contribution >= 0.6 is 15.9 Å². The van der Waals surface area contributed by atoms with E-state index in [1.165, 1.54) is 5.56 Å². The Bertz CT molecular complexity index is 586. The average molecular weight is 349 g/mol. The Hall–Kier alpha value is -1.62. The molecule has 5 heteroatoms. The zero-order chi connectivity index (χ0) is 15.1. The Balaban J connectivity index is 2.12.